The Morgan fingerprint density at radius 1 is 1.48 bits per heavy atom. The van der Waals surface area contributed by atoms with Gasteiger partial charge in [-0.05, 0) is 36.8 Å². The first-order valence-electron chi connectivity index (χ1n) is 6.10. The van der Waals surface area contributed by atoms with Gasteiger partial charge in [-0.3, -0.25) is 0 Å². The summed E-state index contributed by atoms with van der Waals surface area (Å²) < 4.78 is 5.11. The molecule has 0 spiro atoms. The van der Waals surface area contributed by atoms with Crippen molar-refractivity contribution >= 4 is 23.4 Å². The molecule has 0 fully saturated rings. The van der Waals surface area contributed by atoms with Crippen LogP contribution in [0.2, 0.25) is 0 Å². The molecule has 0 saturated carbocycles. The molecule has 0 amide bonds. The van der Waals surface area contributed by atoms with Crippen molar-refractivity contribution in [1.29, 1.82) is 5.26 Å². The third-order valence-electron chi connectivity index (χ3n) is 2.57. The lowest BCUT2D eigenvalue weighted by molar-refractivity contribution is 0.415. The highest BCUT2D eigenvalue weighted by molar-refractivity contribution is 7.99. The number of hydrazone groups is 1. The van der Waals surface area contributed by atoms with E-state index in [1.807, 2.05) is 37.3 Å². The van der Waals surface area contributed by atoms with Gasteiger partial charge in [-0.15, -0.1) is 5.10 Å². The van der Waals surface area contributed by atoms with E-state index in [1.165, 1.54) is 11.8 Å². The number of anilines is 1. The minimum absolute atomic E-state index is 0.311. The average molecular weight is 302 g/mol. The van der Waals surface area contributed by atoms with E-state index in [9.17, 15) is 0 Å². The third kappa shape index (κ3) is 4.22. The number of aromatic amines is 1. The van der Waals surface area contributed by atoms with Gasteiger partial charge in [0.05, 0.1) is 24.6 Å². The van der Waals surface area contributed by atoms with Crippen LogP contribution in [0.3, 0.4) is 0 Å². The van der Waals surface area contributed by atoms with Crippen LogP contribution in [0.5, 0.6) is 5.75 Å². The van der Waals surface area contributed by atoms with Crippen molar-refractivity contribution in [3.05, 3.63) is 29.8 Å². The van der Waals surface area contributed by atoms with E-state index in [2.05, 4.69) is 25.7 Å². The van der Waals surface area contributed by atoms with E-state index in [0.29, 0.717) is 16.9 Å². The normalized spacial score (nSPS) is 11.0. The average Bonchev–Trinajstić information content (AvgIpc) is 2.98. The Balaban J connectivity index is 1.99. The Morgan fingerprint density at radius 3 is 2.90 bits per heavy atom. The standard InChI is InChI=1S/C13H14N6OS/c1-9(10-3-5-11(20-2)6-4-10)16-17-12-15-13(19-18-12)21-8-7-14/h3-6H,8H2,1-2H3,(H2,15,17,18,19)/b16-9+. The first-order valence-corrected chi connectivity index (χ1v) is 7.08. The van der Waals surface area contributed by atoms with Crippen LogP contribution in [0.25, 0.3) is 0 Å². The quantitative estimate of drug-likeness (QED) is 0.482. The zero-order chi connectivity index (χ0) is 15.1. The molecule has 8 heteroatoms. The summed E-state index contributed by atoms with van der Waals surface area (Å²) >= 11 is 1.26. The predicted molar refractivity (Wildman–Crippen MR) is 81.5 cm³/mol. The molecule has 2 aromatic rings. The predicted octanol–water partition coefficient (Wildman–Crippen LogP) is 2.27. The van der Waals surface area contributed by atoms with E-state index in [1.54, 1.807) is 7.11 Å². The van der Waals surface area contributed by atoms with Gasteiger partial charge >= 0.3 is 0 Å². The summed E-state index contributed by atoms with van der Waals surface area (Å²) in [5, 5.41) is 19.9. The van der Waals surface area contributed by atoms with Crippen molar-refractivity contribution in [3.8, 4) is 11.8 Å². The second kappa shape index (κ2) is 7.31. The molecule has 0 bridgehead atoms. The Bertz CT molecular complexity index is 658. The Labute approximate surface area is 126 Å². The lowest BCUT2D eigenvalue weighted by atomic mass is 10.1. The van der Waals surface area contributed by atoms with Gasteiger partial charge in [-0.2, -0.15) is 15.3 Å². The smallest absolute Gasteiger partial charge is 0.240 e. The molecular formula is C13H14N6OS. The van der Waals surface area contributed by atoms with Crippen LogP contribution in [0.15, 0.2) is 34.5 Å². The molecule has 0 aliphatic rings. The largest absolute Gasteiger partial charge is 0.497 e. The molecule has 0 radical (unpaired) electrons. The van der Waals surface area contributed by atoms with Gasteiger partial charge in [0.2, 0.25) is 11.1 Å². The molecule has 7 nitrogen and oxygen atoms in total. The molecule has 1 heterocycles. The van der Waals surface area contributed by atoms with Gasteiger partial charge < -0.3 is 4.74 Å². The van der Waals surface area contributed by atoms with Crippen LogP contribution < -0.4 is 10.2 Å². The fraction of sp³-hybridized carbons (Fsp3) is 0.231. The molecule has 21 heavy (non-hydrogen) atoms. The molecule has 0 aliphatic carbocycles. The van der Waals surface area contributed by atoms with Crippen molar-refractivity contribution in [2.45, 2.75) is 12.1 Å². The highest BCUT2D eigenvalue weighted by Crippen LogP contribution is 2.14. The van der Waals surface area contributed by atoms with Crippen molar-refractivity contribution in [3.63, 3.8) is 0 Å². The number of nitrogens with one attached hydrogen (secondary N) is 2. The van der Waals surface area contributed by atoms with E-state index < -0.39 is 0 Å². The van der Waals surface area contributed by atoms with E-state index in [-0.39, 0.29) is 0 Å². The van der Waals surface area contributed by atoms with E-state index in [0.717, 1.165) is 17.0 Å². The van der Waals surface area contributed by atoms with Crippen molar-refractivity contribution < 1.29 is 4.74 Å². The second-order valence-corrected chi connectivity index (χ2v) is 4.89. The van der Waals surface area contributed by atoms with E-state index >= 15 is 0 Å². The maximum Gasteiger partial charge on any atom is 0.240 e. The fourth-order valence-electron chi connectivity index (χ4n) is 1.49. The Kier molecular flexibility index (Phi) is 5.17. The molecule has 2 N–H and O–H groups in total. The van der Waals surface area contributed by atoms with Gasteiger partial charge in [-0.1, -0.05) is 11.8 Å². The topological polar surface area (TPSA) is 99.0 Å². The van der Waals surface area contributed by atoms with Crippen molar-refractivity contribution in [2.24, 2.45) is 5.10 Å². The van der Waals surface area contributed by atoms with E-state index in [4.69, 9.17) is 10.00 Å². The number of benzene rings is 1. The Morgan fingerprint density at radius 2 is 2.24 bits per heavy atom. The summed E-state index contributed by atoms with van der Waals surface area (Å²) in [5.74, 6) is 1.54. The first kappa shape index (κ1) is 14.9. The van der Waals surface area contributed by atoms with Crippen molar-refractivity contribution in [2.75, 3.05) is 18.3 Å². The molecule has 108 valence electrons. The molecule has 0 aliphatic heterocycles. The molecular weight excluding hydrogens is 288 g/mol. The van der Waals surface area contributed by atoms with Gasteiger partial charge in [0.25, 0.3) is 0 Å². The molecule has 0 atom stereocenters. The van der Waals surface area contributed by atoms with Crippen LogP contribution in [0.4, 0.5) is 5.95 Å². The lowest BCUT2D eigenvalue weighted by Gasteiger charge is -2.03. The Hall–Kier alpha value is -2.53. The summed E-state index contributed by atoms with van der Waals surface area (Å²) in [6.45, 7) is 1.89. The number of ether oxygens (including phenoxy) is 1. The van der Waals surface area contributed by atoms with Crippen LogP contribution in [-0.2, 0) is 0 Å². The number of methoxy groups -OCH3 is 1. The second-order valence-electron chi connectivity index (χ2n) is 3.95. The number of hydrogen-bond acceptors (Lipinski definition) is 7. The number of H-pyrrole nitrogens is 1. The van der Waals surface area contributed by atoms with Crippen LogP contribution in [0, 0.1) is 11.3 Å². The van der Waals surface area contributed by atoms with Gasteiger partial charge in [0.15, 0.2) is 0 Å². The van der Waals surface area contributed by atoms with Crippen LogP contribution >= 0.6 is 11.8 Å². The summed E-state index contributed by atoms with van der Waals surface area (Å²) in [5.41, 5.74) is 4.58. The number of nitriles is 1. The summed E-state index contributed by atoms with van der Waals surface area (Å²) in [6, 6.07) is 9.62. The van der Waals surface area contributed by atoms with Crippen LogP contribution in [-0.4, -0.2) is 33.8 Å². The summed E-state index contributed by atoms with van der Waals surface area (Å²) in [6.07, 6.45) is 0. The molecule has 0 saturated heterocycles. The molecule has 0 unspecified atom stereocenters. The van der Waals surface area contributed by atoms with Gasteiger partial charge in [-0.25, -0.2) is 10.5 Å². The highest BCUT2D eigenvalue weighted by Gasteiger charge is 2.03. The van der Waals surface area contributed by atoms with Gasteiger partial charge in [0.1, 0.15) is 5.75 Å². The number of thioether (sulfide) groups is 1. The number of nitrogens with zero attached hydrogens (tertiary/aromatic N) is 4. The zero-order valence-electron chi connectivity index (χ0n) is 11.6. The third-order valence-corrected chi connectivity index (χ3v) is 3.28. The maximum atomic E-state index is 8.49. The minimum Gasteiger partial charge on any atom is -0.497 e. The summed E-state index contributed by atoms with van der Waals surface area (Å²) in [7, 11) is 1.63. The molecule has 2 rings (SSSR count). The summed E-state index contributed by atoms with van der Waals surface area (Å²) in [4.78, 5) is 4.15. The van der Waals surface area contributed by atoms with Gasteiger partial charge in [0, 0.05) is 0 Å². The maximum absolute atomic E-state index is 8.49. The molecule has 1 aromatic carbocycles. The number of rotatable bonds is 6. The first-order chi connectivity index (χ1) is 10.2. The fourth-order valence-corrected chi connectivity index (χ4v) is 1.95. The zero-order valence-corrected chi connectivity index (χ0v) is 12.4. The van der Waals surface area contributed by atoms with Crippen LogP contribution in [0.1, 0.15) is 12.5 Å². The lowest BCUT2D eigenvalue weighted by Crippen LogP contribution is -2.00. The highest BCUT2D eigenvalue weighted by atomic mass is 32.2. The SMILES string of the molecule is COc1ccc(/C(C)=N/Nc2nc(SCC#N)n[nH]2)cc1. The monoisotopic (exact) mass is 302 g/mol. The molecule has 1 aromatic heterocycles. The minimum atomic E-state index is 0.311. The van der Waals surface area contributed by atoms with Crippen molar-refractivity contribution in [1.82, 2.24) is 15.2 Å². The number of aromatic nitrogens is 3. The number of hydrogen-bond donors (Lipinski definition) is 2.